The van der Waals surface area contributed by atoms with E-state index >= 15 is 0 Å². The molecule has 0 unspecified atom stereocenters. The van der Waals surface area contributed by atoms with Crippen LogP contribution < -0.4 is 0 Å². The van der Waals surface area contributed by atoms with Crippen molar-refractivity contribution in [1.29, 1.82) is 0 Å². The molecule has 1 aliphatic heterocycles. The van der Waals surface area contributed by atoms with Crippen molar-refractivity contribution in [2.45, 2.75) is 26.7 Å². The van der Waals surface area contributed by atoms with Gasteiger partial charge in [0.2, 0.25) is 0 Å². The molecule has 7 heteroatoms. The lowest BCUT2D eigenvalue weighted by molar-refractivity contribution is -0.171. The van der Waals surface area contributed by atoms with Crippen LogP contribution in [0.5, 0.6) is 0 Å². The van der Waals surface area contributed by atoms with E-state index in [0.29, 0.717) is 0 Å². The number of hydrogen-bond donors (Lipinski definition) is 1. The minimum atomic E-state index is -0.505. The molecule has 15 heavy (non-hydrogen) atoms. The van der Waals surface area contributed by atoms with E-state index in [4.69, 9.17) is 5.21 Å². The van der Waals surface area contributed by atoms with Crippen molar-refractivity contribution in [2.24, 2.45) is 0 Å². The molecule has 1 heterocycles. The number of nitrogens with zero attached hydrogens (tertiary/aromatic N) is 1. The van der Waals surface area contributed by atoms with E-state index in [1.807, 2.05) is 0 Å². The van der Waals surface area contributed by atoms with Gasteiger partial charge in [-0.25, -0.2) is 0 Å². The second-order valence-electron chi connectivity index (χ2n) is 2.68. The monoisotopic (exact) mass is 233 g/mol. The number of hydrogen-bond acceptors (Lipinski definition) is 6. The van der Waals surface area contributed by atoms with Crippen LogP contribution in [-0.4, -0.2) is 32.3 Å². The molecule has 0 atom stereocenters. The van der Waals surface area contributed by atoms with Gasteiger partial charge in [-0.05, 0) is 11.8 Å². The average Bonchev–Trinajstić information content (AvgIpc) is 2.35. The smallest absolute Gasteiger partial charge is 0.253 e. The molecule has 1 saturated heterocycles. The quantitative estimate of drug-likeness (QED) is 0.479. The highest BCUT2D eigenvalue weighted by Gasteiger charge is 2.26. The van der Waals surface area contributed by atoms with E-state index in [1.54, 1.807) is 0 Å². The standard InChI is InChI=1S/C4H5NO3.C4H6O2S/c6-3-1-2-4(7)5(3)8;1-3(5)7-4(2)6/h8H,1-2H2;1-2H3. The number of amides is 2. The van der Waals surface area contributed by atoms with E-state index in [-0.39, 0.29) is 28.1 Å². The maximum absolute atomic E-state index is 10.2. The zero-order chi connectivity index (χ0) is 12.0. The Hall–Kier alpha value is -1.21. The summed E-state index contributed by atoms with van der Waals surface area (Å²) in [5.41, 5.74) is 0. The predicted molar refractivity (Wildman–Crippen MR) is 51.8 cm³/mol. The van der Waals surface area contributed by atoms with Gasteiger partial charge in [0.15, 0.2) is 10.2 Å². The summed E-state index contributed by atoms with van der Waals surface area (Å²) in [6, 6.07) is 0. The van der Waals surface area contributed by atoms with Gasteiger partial charge in [-0.3, -0.25) is 24.4 Å². The largest absolute Gasteiger partial charge is 0.287 e. The molecule has 0 aromatic heterocycles. The Bertz CT molecular complexity index is 273. The SMILES string of the molecule is CC(=O)SC(C)=O.O=C1CCC(=O)N1O. The fraction of sp³-hybridized carbons (Fsp3) is 0.500. The number of carbonyl (C=O) groups is 4. The molecule has 2 amide bonds. The fourth-order valence-electron chi connectivity index (χ4n) is 0.767. The van der Waals surface area contributed by atoms with Gasteiger partial charge in [0.1, 0.15) is 0 Å². The lowest BCUT2D eigenvalue weighted by Gasteiger charge is -1.98. The van der Waals surface area contributed by atoms with E-state index in [9.17, 15) is 19.2 Å². The first kappa shape index (κ1) is 13.8. The van der Waals surface area contributed by atoms with Gasteiger partial charge in [0.05, 0.1) is 0 Å². The molecule has 0 aromatic rings. The molecular formula is C8H11NO5S. The van der Waals surface area contributed by atoms with Crippen molar-refractivity contribution in [2.75, 3.05) is 0 Å². The Morgan fingerprint density at radius 1 is 1.13 bits per heavy atom. The third-order valence-corrected chi connectivity index (χ3v) is 1.89. The Kier molecular flexibility index (Phi) is 5.80. The Morgan fingerprint density at radius 3 is 1.53 bits per heavy atom. The van der Waals surface area contributed by atoms with Crippen LogP contribution in [0, 0.1) is 0 Å². The Morgan fingerprint density at radius 2 is 1.47 bits per heavy atom. The van der Waals surface area contributed by atoms with Crippen molar-refractivity contribution >= 4 is 33.8 Å². The topological polar surface area (TPSA) is 91.8 Å². The van der Waals surface area contributed by atoms with Crippen molar-refractivity contribution in [1.82, 2.24) is 5.06 Å². The molecule has 6 nitrogen and oxygen atoms in total. The minimum absolute atomic E-state index is 0.146. The maximum atomic E-state index is 10.2. The van der Waals surface area contributed by atoms with Crippen LogP contribution in [0.3, 0.4) is 0 Å². The molecule has 1 aliphatic rings. The molecule has 0 spiro atoms. The lowest BCUT2D eigenvalue weighted by atomic mass is 10.4. The number of imide groups is 1. The first-order chi connectivity index (χ1) is 6.84. The van der Waals surface area contributed by atoms with Gasteiger partial charge in [-0.1, -0.05) is 0 Å². The average molecular weight is 233 g/mol. The van der Waals surface area contributed by atoms with Crippen molar-refractivity contribution < 1.29 is 24.4 Å². The molecular weight excluding hydrogens is 222 g/mol. The van der Waals surface area contributed by atoms with E-state index in [1.165, 1.54) is 13.8 Å². The molecule has 1 fully saturated rings. The molecule has 0 saturated carbocycles. The first-order valence-corrected chi connectivity index (χ1v) is 4.90. The van der Waals surface area contributed by atoms with Crippen LogP contribution in [0.25, 0.3) is 0 Å². The van der Waals surface area contributed by atoms with E-state index in [2.05, 4.69) is 0 Å². The zero-order valence-corrected chi connectivity index (χ0v) is 9.17. The van der Waals surface area contributed by atoms with Crippen LogP contribution in [0.1, 0.15) is 26.7 Å². The van der Waals surface area contributed by atoms with Gasteiger partial charge in [-0.15, -0.1) is 0 Å². The van der Waals surface area contributed by atoms with Gasteiger partial charge in [-0.2, -0.15) is 5.06 Å². The summed E-state index contributed by atoms with van der Waals surface area (Å²) < 4.78 is 0. The second-order valence-corrected chi connectivity index (χ2v) is 4.04. The van der Waals surface area contributed by atoms with Crippen molar-refractivity contribution in [3.63, 3.8) is 0 Å². The third-order valence-electron chi connectivity index (χ3n) is 1.31. The van der Waals surface area contributed by atoms with Crippen LogP contribution >= 0.6 is 11.8 Å². The van der Waals surface area contributed by atoms with Crippen LogP contribution in [0.15, 0.2) is 0 Å². The highest BCUT2D eigenvalue weighted by atomic mass is 32.2. The summed E-state index contributed by atoms with van der Waals surface area (Å²) in [7, 11) is 0. The first-order valence-electron chi connectivity index (χ1n) is 4.08. The van der Waals surface area contributed by atoms with Crippen molar-refractivity contribution in [3.8, 4) is 0 Å². The summed E-state index contributed by atoms with van der Waals surface area (Å²) in [4.78, 5) is 40.5. The molecule has 0 radical (unpaired) electrons. The molecule has 0 bridgehead atoms. The summed E-state index contributed by atoms with van der Waals surface area (Å²) in [6.45, 7) is 2.73. The maximum Gasteiger partial charge on any atom is 0.253 e. The van der Waals surface area contributed by atoms with Gasteiger partial charge in [0.25, 0.3) is 11.8 Å². The van der Waals surface area contributed by atoms with E-state index in [0.717, 1.165) is 11.8 Å². The molecule has 84 valence electrons. The lowest BCUT2D eigenvalue weighted by Crippen LogP contribution is -2.24. The Labute approximate surface area is 90.6 Å². The van der Waals surface area contributed by atoms with Crippen molar-refractivity contribution in [3.05, 3.63) is 0 Å². The van der Waals surface area contributed by atoms with Crippen LogP contribution in [0.4, 0.5) is 0 Å². The van der Waals surface area contributed by atoms with Gasteiger partial charge in [0, 0.05) is 26.7 Å². The number of rotatable bonds is 0. The summed E-state index contributed by atoms with van der Waals surface area (Å²) in [5.74, 6) is -1.01. The Balaban J connectivity index is 0.000000265. The summed E-state index contributed by atoms with van der Waals surface area (Å²) >= 11 is 0.731. The fourth-order valence-corrected chi connectivity index (χ4v) is 1.17. The van der Waals surface area contributed by atoms with Gasteiger partial charge >= 0.3 is 0 Å². The summed E-state index contributed by atoms with van der Waals surface area (Å²) in [5, 5.41) is 8.28. The molecule has 0 aromatic carbocycles. The number of thioether (sulfide) groups is 1. The van der Waals surface area contributed by atoms with E-state index < -0.39 is 11.8 Å². The summed E-state index contributed by atoms with van der Waals surface area (Å²) in [6.07, 6.45) is 0.296. The number of hydroxylamine groups is 2. The van der Waals surface area contributed by atoms with Crippen LogP contribution in [-0.2, 0) is 19.2 Å². The molecule has 1 N–H and O–H groups in total. The predicted octanol–water partition coefficient (Wildman–Crippen LogP) is 0.337. The highest BCUT2D eigenvalue weighted by molar-refractivity contribution is 8.26. The van der Waals surface area contributed by atoms with Gasteiger partial charge < -0.3 is 0 Å². The third kappa shape index (κ3) is 5.97. The normalized spacial score (nSPS) is 14.7. The zero-order valence-electron chi connectivity index (χ0n) is 8.35. The minimum Gasteiger partial charge on any atom is -0.287 e. The second kappa shape index (κ2) is 6.31. The number of carbonyl (C=O) groups excluding carboxylic acids is 4. The highest BCUT2D eigenvalue weighted by Crippen LogP contribution is 2.07. The molecule has 0 aliphatic carbocycles. The van der Waals surface area contributed by atoms with Crippen LogP contribution in [0.2, 0.25) is 0 Å². The molecule has 1 rings (SSSR count).